The maximum atomic E-state index is 11.9. The van der Waals surface area contributed by atoms with Gasteiger partial charge in [0.15, 0.2) is 15.7 Å². The van der Waals surface area contributed by atoms with Crippen molar-refractivity contribution in [3.8, 4) is 0 Å². The number of amides is 1. The van der Waals surface area contributed by atoms with Gasteiger partial charge in [0.2, 0.25) is 0 Å². The summed E-state index contributed by atoms with van der Waals surface area (Å²) in [6.45, 7) is 4.97. The number of sulfone groups is 1. The number of carbonyl (C=O) groups is 1. The van der Waals surface area contributed by atoms with E-state index < -0.39 is 38.7 Å². The Kier molecular flexibility index (Phi) is 6.73. The van der Waals surface area contributed by atoms with Gasteiger partial charge in [-0.1, -0.05) is 0 Å². The number of aromatic nitrogens is 1. The number of nitrogens with one attached hydrogen (secondary N) is 1. The summed E-state index contributed by atoms with van der Waals surface area (Å²) in [5.41, 5.74) is -0.887. The first-order chi connectivity index (χ1) is 10.8. The lowest BCUT2D eigenvalue weighted by molar-refractivity contribution is 0.0635. The summed E-state index contributed by atoms with van der Waals surface area (Å²) >= 11 is 0.223. The number of carbonyl (C=O) groups excluding carboxylic acids is 1. The van der Waals surface area contributed by atoms with Gasteiger partial charge < -0.3 is 9.29 Å². The summed E-state index contributed by atoms with van der Waals surface area (Å²) in [5.74, 6) is -0.954. The van der Waals surface area contributed by atoms with Gasteiger partial charge in [-0.15, -0.1) is 0 Å². The molecule has 9 nitrogen and oxygen atoms in total. The molecular formula is C12H17BrN3O6S2-. The van der Waals surface area contributed by atoms with Crippen molar-refractivity contribution in [3.63, 3.8) is 0 Å². The van der Waals surface area contributed by atoms with E-state index in [1.54, 1.807) is 20.8 Å². The second-order valence-electron chi connectivity index (χ2n) is 5.80. The molecule has 0 aliphatic rings. The van der Waals surface area contributed by atoms with Crippen LogP contribution in [-0.2, 0) is 25.8 Å². The smallest absolute Gasteiger partial charge is 0.413 e. The summed E-state index contributed by atoms with van der Waals surface area (Å²) in [4.78, 5) is 15.8. The molecule has 1 rings (SSSR count). The van der Waals surface area contributed by atoms with Crippen molar-refractivity contribution in [1.82, 2.24) is 4.98 Å². The molecule has 1 N–H and O–H groups in total. The molecule has 12 heteroatoms. The van der Waals surface area contributed by atoms with Crippen LogP contribution < -0.4 is 9.62 Å². The van der Waals surface area contributed by atoms with Crippen LogP contribution in [-0.4, -0.2) is 46.0 Å². The second-order valence-corrected chi connectivity index (χ2v) is 9.70. The van der Waals surface area contributed by atoms with Gasteiger partial charge in [-0.05, 0) is 42.8 Å². The molecule has 0 saturated heterocycles. The van der Waals surface area contributed by atoms with E-state index >= 15 is 0 Å². The highest BCUT2D eigenvalue weighted by Gasteiger charge is 2.22. The van der Waals surface area contributed by atoms with E-state index in [1.807, 2.05) is 0 Å². The van der Waals surface area contributed by atoms with Gasteiger partial charge >= 0.3 is 6.09 Å². The zero-order chi connectivity index (χ0) is 18.7. The molecule has 24 heavy (non-hydrogen) atoms. The second kappa shape index (κ2) is 7.76. The predicted octanol–water partition coefficient (Wildman–Crippen LogP) is 1.79. The SMILES string of the molecule is CC(C)(C)OC(=O)Nc1ncc(Br)cc1N(CS(C)(=O)=O)S(=O)[O-]. The molecule has 1 aromatic rings. The number of rotatable bonds is 5. The summed E-state index contributed by atoms with van der Waals surface area (Å²) in [6.07, 6.45) is 1.36. The topological polar surface area (TPSA) is 129 Å². The standard InChI is InChI=1S/C12H18BrN3O6S2/c1-12(2,3)22-11(17)15-10-9(5-8(13)6-14-10)16(23(18)19)7-24(4,20)21/h5-6H,7H2,1-4H3,(H,18,19)(H,14,15,17)/p-1. The van der Waals surface area contributed by atoms with E-state index in [0.29, 0.717) is 8.78 Å². The lowest BCUT2D eigenvalue weighted by atomic mass is 10.2. The molecular weight excluding hydrogens is 426 g/mol. The van der Waals surface area contributed by atoms with Gasteiger partial charge in [-0.25, -0.2) is 18.2 Å². The van der Waals surface area contributed by atoms with Crippen LogP contribution in [0.25, 0.3) is 0 Å². The van der Waals surface area contributed by atoms with Crippen molar-refractivity contribution in [2.24, 2.45) is 0 Å². The number of hydrogen-bond acceptors (Lipinski definition) is 7. The molecule has 0 fully saturated rings. The number of pyridine rings is 1. The average Bonchev–Trinajstić information content (AvgIpc) is 2.34. The van der Waals surface area contributed by atoms with Crippen LogP contribution >= 0.6 is 15.9 Å². The molecule has 0 aliphatic heterocycles. The highest BCUT2D eigenvalue weighted by atomic mass is 79.9. The van der Waals surface area contributed by atoms with E-state index in [-0.39, 0.29) is 11.5 Å². The Bertz CT molecular complexity index is 748. The Balaban J connectivity index is 3.24. The van der Waals surface area contributed by atoms with Crippen molar-refractivity contribution < 1.29 is 26.7 Å². The summed E-state index contributed by atoms with van der Waals surface area (Å²) < 4.78 is 51.8. The van der Waals surface area contributed by atoms with Crippen molar-refractivity contribution >= 4 is 54.6 Å². The zero-order valence-electron chi connectivity index (χ0n) is 13.4. The first-order valence-electron chi connectivity index (χ1n) is 6.49. The highest BCUT2D eigenvalue weighted by molar-refractivity contribution is 9.10. The largest absolute Gasteiger partial charge is 0.755 e. The first-order valence-corrected chi connectivity index (χ1v) is 10.4. The quantitative estimate of drug-likeness (QED) is 0.687. The number of hydrogen-bond donors (Lipinski definition) is 1. The van der Waals surface area contributed by atoms with Crippen molar-refractivity contribution in [2.45, 2.75) is 26.4 Å². The van der Waals surface area contributed by atoms with E-state index in [2.05, 4.69) is 26.2 Å². The molecule has 1 amide bonds. The van der Waals surface area contributed by atoms with E-state index in [4.69, 9.17) is 4.74 Å². The van der Waals surface area contributed by atoms with Crippen LogP contribution in [0.5, 0.6) is 0 Å². The summed E-state index contributed by atoms with van der Waals surface area (Å²) in [6, 6.07) is 1.32. The lowest BCUT2D eigenvalue weighted by Gasteiger charge is -2.27. The molecule has 0 radical (unpaired) electrons. The van der Waals surface area contributed by atoms with Crippen LogP contribution in [0.1, 0.15) is 20.8 Å². The molecule has 1 unspecified atom stereocenters. The first kappa shape index (κ1) is 20.8. The minimum Gasteiger partial charge on any atom is -0.755 e. The van der Waals surface area contributed by atoms with Gasteiger partial charge in [0, 0.05) is 28.2 Å². The van der Waals surface area contributed by atoms with Crippen LogP contribution in [0.4, 0.5) is 16.3 Å². The molecule has 0 spiro atoms. The van der Waals surface area contributed by atoms with Crippen LogP contribution in [0.2, 0.25) is 0 Å². The maximum absolute atomic E-state index is 11.9. The van der Waals surface area contributed by atoms with Gasteiger partial charge in [-0.2, -0.15) is 0 Å². The van der Waals surface area contributed by atoms with Gasteiger partial charge in [0.1, 0.15) is 11.5 Å². The lowest BCUT2D eigenvalue weighted by Crippen LogP contribution is -2.33. The van der Waals surface area contributed by atoms with Crippen molar-refractivity contribution in [3.05, 3.63) is 16.7 Å². The Morgan fingerprint density at radius 2 is 2.08 bits per heavy atom. The Labute approximate surface area is 151 Å². The van der Waals surface area contributed by atoms with Gasteiger partial charge in [0.25, 0.3) is 0 Å². The Morgan fingerprint density at radius 3 is 2.54 bits per heavy atom. The van der Waals surface area contributed by atoms with E-state index in [1.165, 1.54) is 12.3 Å². The fourth-order valence-corrected chi connectivity index (χ4v) is 3.62. The Hall–Kier alpha value is -1.24. The third-order valence-corrected chi connectivity index (χ3v) is 4.26. The molecule has 0 bridgehead atoms. The summed E-state index contributed by atoms with van der Waals surface area (Å²) in [7, 11) is -3.66. The molecule has 0 saturated carbocycles. The zero-order valence-corrected chi connectivity index (χ0v) is 16.6. The average molecular weight is 443 g/mol. The van der Waals surface area contributed by atoms with E-state index in [9.17, 15) is 22.0 Å². The highest BCUT2D eigenvalue weighted by Crippen LogP contribution is 2.29. The molecule has 1 heterocycles. The fraction of sp³-hybridized carbons (Fsp3) is 0.500. The third kappa shape index (κ3) is 7.11. The summed E-state index contributed by atoms with van der Waals surface area (Å²) in [5, 5.41) is 2.31. The molecule has 136 valence electrons. The number of halogens is 1. The molecule has 1 atom stereocenters. The van der Waals surface area contributed by atoms with Crippen molar-refractivity contribution in [1.29, 1.82) is 0 Å². The van der Waals surface area contributed by atoms with Gasteiger partial charge in [-0.3, -0.25) is 13.8 Å². The minimum absolute atomic E-state index is 0.117. The van der Waals surface area contributed by atoms with Crippen LogP contribution in [0, 0.1) is 0 Å². The monoisotopic (exact) mass is 442 g/mol. The van der Waals surface area contributed by atoms with Crippen LogP contribution in [0.3, 0.4) is 0 Å². The maximum Gasteiger partial charge on any atom is 0.413 e. The number of nitrogens with zero attached hydrogens (tertiary/aromatic N) is 2. The van der Waals surface area contributed by atoms with E-state index in [0.717, 1.165) is 6.26 Å². The Morgan fingerprint density at radius 1 is 1.50 bits per heavy atom. The third-order valence-electron chi connectivity index (χ3n) is 2.25. The fourth-order valence-electron chi connectivity index (χ4n) is 1.52. The number of anilines is 2. The minimum atomic E-state index is -3.66. The molecule has 0 aromatic carbocycles. The normalized spacial score (nSPS) is 13.2. The van der Waals surface area contributed by atoms with Crippen LogP contribution in [0.15, 0.2) is 16.7 Å². The molecule has 0 aliphatic carbocycles. The van der Waals surface area contributed by atoms with Gasteiger partial charge in [0.05, 0.1) is 5.69 Å². The van der Waals surface area contributed by atoms with Crippen molar-refractivity contribution in [2.75, 3.05) is 21.8 Å². The number of ether oxygens (including phenoxy) is 1. The predicted molar refractivity (Wildman–Crippen MR) is 92.9 cm³/mol. The molecule has 1 aromatic heterocycles.